The first-order valence-corrected chi connectivity index (χ1v) is 9.94. The lowest BCUT2D eigenvalue weighted by molar-refractivity contribution is 0.102. The van der Waals surface area contributed by atoms with Crippen LogP contribution < -0.4 is 5.32 Å². The van der Waals surface area contributed by atoms with Crippen LogP contribution in [0.3, 0.4) is 0 Å². The molecule has 0 atom stereocenters. The Balaban J connectivity index is 1.54. The normalized spacial score (nSPS) is 11.2. The molecule has 1 aromatic heterocycles. The molecule has 1 amide bonds. The summed E-state index contributed by atoms with van der Waals surface area (Å²) in [5.74, 6) is 0.878. The van der Waals surface area contributed by atoms with Gasteiger partial charge in [-0.15, -0.1) is 0 Å². The molecule has 0 unspecified atom stereocenters. The quantitative estimate of drug-likeness (QED) is 0.431. The molecule has 0 saturated heterocycles. The van der Waals surface area contributed by atoms with Gasteiger partial charge in [-0.25, -0.2) is 4.98 Å². The molecule has 4 nitrogen and oxygen atoms in total. The van der Waals surface area contributed by atoms with E-state index in [4.69, 9.17) is 4.42 Å². The van der Waals surface area contributed by atoms with E-state index in [1.54, 1.807) is 0 Å². The number of anilines is 1. The second kappa shape index (κ2) is 7.92. The van der Waals surface area contributed by atoms with Crippen LogP contribution in [-0.2, 0) is 6.42 Å². The smallest absolute Gasteiger partial charge is 0.255 e. The van der Waals surface area contributed by atoms with E-state index in [0.29, 0.717) is 34.2 Å². The van der Waals surface area contributed by atoms with E-state index in [0.717, 1.165) is 12.0 Å². The third-order valence-electron chi connectivity index (χ3n) is 5.09. The van der Waals surface area contributed by atoms with Crippen molar-refractivity contribution in [2.24, 2.45) is 0 Å². The summed E-state index contributed by atoms with van der Waals surface area (Å²) in [6.07, 6.45) is 0.997. The molecule has 0 saturated carbocycles. The fourth-order valence-electron chi connectivity index (χ4n) is 3.23. The number of benzene rings is 3. The molecule has 0 fully saturated rings. The molecule has 4 rings (SSSR count). The van der Waals surface area contributed by atoms with Gasteiger partial charge in [0.05, 0.1) is 0 Å². The highest BCUT2D eigenvalue weighted by Crippen LogP contribution is 2.27. The van der Waals surface area contributed by atoms with Gasteiger partial charge >= 0.3 is 0 Å². The second-order valence-electron chi connectivity index (χ2n) is 7.48. The van der Waals surface area contributed by atoms with Crippen LogP contribution in [-0.4, -0.2) is 10.9 Å². The number of fused-ring (bicyclic) bond motifs is 1. The molecule has 0 spiro atoms. The van der Waals surface area contributed by atoms with Gasteiger partial charge in [0.25, 0.3) is 5.91 Å². The number of nitrogens with one attached hydrogen (secondary N) is 1. The third-order valence-corrected chi connectivity index (χ3v) is 5.09. The first kappa shape index (κ1) is 18.9. The summed E-state index contributed by atoms with van der Waals surface area (Å²) >= 11 is 0. The van der Waals surface area contributed by atoms with Crippen LogP contribution in [0.2, 0.25) is 0 Å². The predicted octanol–water partition coefficient (Wildman–Crippen LogP) is 6.43. The van der Waals surface area contributed by atoms with Gasteiger partial charge < -0.3 is 9.73 Å². The molecule has 0 aliphatic rings. The third kappa shape index (κ3) is 4.06. The highest BCUT2D eigenvalue weighted by Gasteiger charge is 2.11. The van der Waals surface area contributed by atoms with Crippen LogP contribution in [0.5, 0.6) is 0 Å². The summed E-state index contributed by atoms with van der Waals surface area (Å²) < 4.78 is 5.88. The van der Waals surface area contributed by atoms with Crippen LogP contribution in [0.4, 0.5) is 5.69 Å². The van der Waals surface area contributed by atoms with E-state index in [9.17, 15) is 4.79 Å². The Labute approximate surface area is 170 Å². The number of rotatable bonds is 5. The minimum absolute atomic E-state index is 0.140. The number of hydrogen-bond donors (Lipinski definition) is 1. The van der Waals surface area contributed by atoms with E-state index in [-0.39, 0.29) is 5.91 Å². The second-order valence-corrected chi connectivity index (χ2v) is 7.48. The molecule has 0 radical (unpaired) electrons. The number of aromatic nitrogens is 1. The van der Waals surface area contributed by atoms with Gasteiger partial charge in [0.1, 0.15) is 5.52 Å². The zero-order valence-corrected chi connectivity index (χ0v) is 16.9. The maximum Gasteiger partial charge on any atom is 0.255 e. The minimum atomic E-state index is -0.140. The molecule has 0 bridgehead atoms. The Morgan fingerprint density at radius 1 is 1.00 bits per heavy atom. The zero-order chi connectivity index (χ0) is 20.4. The van der Waals surface area contributed by atoms with Gasteiger partial charge in [-0.3, -0.25) is 4.79 Å². The minimum Gasteiger partial charge on any atom is -0.436 e. The Kier molecular flexibility index (Phi) is 5.17. The van der Waals surface area contributed by atoms with Gasteiger partial charge in [-0.05, 0) is 65.9 Å². The lowest BCUT2D eigenvalue weighted by Crippen LogP contribution is -2.11. The first-order valence-electron chi connectivity index (χ1n) is 9.94. The standard InChI is InChI=1S/C25H24N2O2/c1-4-17-5-7-20(8-6-17)25-27-22-15-21(13-14-23(22)29-25)26-24(28)19-11-9-18(10-12-19)16(2)3/h5-16H,4H2,1-3H3,(H,26,28). The lowest BCUT2D eigenvalue weighted by atomic mass is 10.0. The van der Waals surface area contributed by atoms with E-state index in [2.05, 4.69) is 43.2 Å². The van der Waals surface area contributed by atoms with Crippen LogP contribution in [0, 0.1) is 0 Å². The van der Waals surface area contributed by atoms with Crippen molar-refractivity contribution >= 4 is 22.7 Å². The topological polar surface area (TPSA) is 55.1 Å². The van der Waals surface area contributed by atoms with E-state index in [1.165, 1.54) is 11.1 Å². The van der Waals surface area contributed by atoms with Crippen LogP contribution in [0.1, 0.15) is 48.2 Å². The van der Waals surface area contributed by atoms with E-state index < -0.39 is 0 Å². The molecule has 0 aliphatic heterocycles. The molecule has 1 heterocycles. The number of amides is 1. The van der Waals surface area contributed by atoms with E-state index >= 15 is 0 Å². The Hall–Kier alpha value is -3.40. The average molecular weight is 384 g/mol. The Morgan fingerprint density at radius 3 is 2.38 bits per heavy atom. The SMILES string of the molecule is CCc1ccc(-c2nc3cc(NC(=O)c4ccc(C(C)C)cc4)ccc3o2)cc1. The zero-order valence-electron chi connectivity index (χ0n) is 16.9. The molecule has 0 aliphatic carbocycles. The van der Waals surface area contributed by atoms with Crippen LogP contribution in [0.25, 0.3) is 22.6 Å². The number of carbonyl (C=O) groups is 1. The fraction of sp³-hybridized carbons (Fsp3) is 0.200. The monoisotopic (exact) mass is 384 g/mol. The summed E-state index contributed by atoms with van der Waals surface area (Å²) in [6.45, 7) is 6.40. The van der Waals surface area contributed by atoms with Gasteiger partial charge in [0.2, 0.25) is 5.89 Å². The highest BCUT2D eigenvalue weighted by atomic mass is 16.3. The molecule has 3 aromatic carbocycles. The molecule has 4 aromatic rings. The summed E-state index contributed by atoms with van der Waals surface area (Å²) in [4.78, 5) is 17.2. The number of carbonyl (C=O) groups excluding carboxylic acids is 1. The molecular formula is C25H24N2O2. The van der Waals surface area contributed by atoms with E-state index in [1.807, 2.05) is 54.6 Å². The molecule has 146 valence electrons. The van der Waals surface area contributed by atoms with Gasteiger partial charge in [0, 0.05) is 16.8 Å². The molecule has 29 heavy (non-hydrogen) atoms. The van der Waals surface area contributed by atoms with Gasteiger partial charge in [-0.1, -0.05) is 45.0 Å². The van der Waals surface area contributed by atoms with Crippen molar-refractivity contribution in [1.29, 1.82) is 0 Å². The summed E-state index contributed by atoms with van der Waals surface area (Å²) in [6, 6.07) is 21.4. The largest absolute Gasteiger partial charge is 0.436 e. The van der Waals surface area contributed by atoms with Crippen molar-refractivity contribution < 1.29 is 9.21 Å². The highest BCUT2D eigenvalue weighted by molar-refractivity contribution is 6.05. The number of aryl methyl sites for hydroxylation is 1. The number of oxazole rings is 1. The Bertz CT molecular complexity index is 1140. The number of nitrogens with zero attached hydrogens (tertiary/aromatic N) is 1. The van der Waals surface area contributed by atoms with Crippen LogP contribution >= 0.6 is 0 Å². The van der Waals surface area contributed by atoms with Crippen molar-refractivity contribution in [2.45, 2.75) is 33.1 Å². The van der Waals surface area contributed by atoms with Crippen molar-refractivity contribution in [3.05, 3.63) is 83.4 Å². The van der Waals surface area contributed by atoms with Crippen molar-refractivity contribution in [1.82, 2.24) is 4.98 Å². The predicted molar refractivity (Wildman–Crippen MR) is 117 cm³/mol. The summed E-state index contributed by atoms with van der Waals surface area (Å²) in [5.41, 5.74) is 6.16. The molecular weight excluding hydrogens is 360 g/mol. The molecule has 1 N–H and O–H groups in total. The van der Waals surface area contributed by atoms with Gasteiger partial charge in [-0.2, -0.15) is 0 Å². The van der Waals surface area contributed by atoms with Gasteiger partial charge in [0.15, 0.2) is 5.58 Å². The lowest BCUT2D eigenvalue weighted by Gasteiger charge is -2.08. The van der Waals surface area contributed by atoms with Crippen molar-refractivity contribution in [3.63, 3.8) is 0 Å². The first-order chi connectivity index (χ1) is 14.0. The van der Waals surface area contributed by atoms with Crippen molar-refractivity contribution in [3.8, 4) is 11.5 Å². The maximum atomic E-state index is 12.6. The summed E-state index contributed by atoms with van der Waals surface area (Å²) in [7, 11) is 0. The maximum absolute atomic E-state index is 12.6. The van der Waals surface area contributed by atoms with Crippen LogP contribution in [0.15, 0.2) is 71.1 Å². The van der Waals surface area contributed by atoms with Crippen molar-refractivity contribution in [2.75, 3.05) is 5.32 Å². The average Bonchev–Trinajstić information content (AvgIpc) is 3.17. The number of hydrogen-bond acceptors (Lipinski definition) is 3. The Morgan fingerprint density at radius 2 is 1.72 bits per heavy atom. The fourth-order valence-corrected chi connectivity index (χ4v) is 3.23. The summed E-state index contributed by atoms with van der Waals surface area (Å²) in [5, 5.41) is 2.94. The molecule has 4 heteroatoms.